The molecule has 0 aliphatic carbocycles. The normalized spacial score (nSPS) is 11.1. The van der Waals surface area contributed by atoms with Gasteiger partial charge in [-0.2, -0.15) is 0 Å². The van der Waals surface area contributed by atoms with Crippen molar-refractivity contribution in [1.82, 2.24) is 4.98 Å². The van der Waals surface area contributed by atoms with Crippen LogP contribution in [0.1, 0.15) is 47.8 Å². The summed E-state index contributed by atoms with van der Waals surface area (Å²) in [6, 6.07) is 8.19. The number of ether oxygens (including phenoxy) is 1. The van der Waals surface area contributed by atoms with Gasteiger partial charge in [-0.05, 0) is 24.0 Å². The predicted molar refractivity (Wildman–Crippen MR) is 84.2 cm³/mol. The Bertz CT molecular complexity index is 542. The molecule has 0 aliphatic heterocycles. The Balaban J connectivity index is 2.11. The van der Waals surface area contributed by atoms with Crippen molar-refractivity contribution in [3.8, 4) is 5.75 Å². The van der Waals surface area contributed by atoms with Crippen LogP contribution in [-0.2, 0) is 19.6 Å². The summed E-state index contributed by atoms with van der Waals surface area (Å²) in [6.45, 7) is 7.53. The molecule has 4 heteroatoms. The molecule has 0 atom stereocenters. The lowest BCUT2D eigenvalue weighted by Crippen LogP contribution is -1.99. The Morgan fingerprint density at radius 3 is 2.65 bits per heavy atom. The minimum Gasteiger partial charge on any atom is -0.486 e. The van der Waals surface area contributed by atoms with E-state index >= 15 is 0 Å². The number of nitrogens with zero attached hydrogens (tertiary/aromatic N) is 1. The number of para-hydroxylation sites is 1. The van der Waals surface area contributed by atoms with Crippen LogP contribution in [-0.4, -0.2) is 4.98 Å². The van der Waals surface area contributed by atoms with Gasteiger partial charge in [0.15, 0.2) is 0 Å². The van der Waals surface area contributed by atoms with Crippen LogP contribution >= 0.6 is 11.3 Å². The molecule has 0 fully saturated rings. The maximum atomic E-state index is 5.95. The number of aromatic nitrogens is 1. The zero-order valence-corrected chi connectivity index (χ0v) is 13.2. The van der Waals surface area contributed by atoms with Gasteiger partial charge >= 0.3 is 0 Å². The third-order valence-electron chi connectivity index (χ3n) is 3.23. The smallest absolute Gasteiger partial charge is 0.140 e. The fourth-order valence-corrected chi connectivity index (χ4v) is 3.11. The Labute approximate surface area is 124 Å². The van der Waals surface area contributed by atoms with Crippen LogP contribution in [0.3, 0.4) is 0 Å². The van der Waals surface area contributed by atoms with E-state index in [1.165, 1.54) is 10.4 Å². The summed E-state index contributed by atoms with van der Waals surface area (Å²) < 4.78 is 5.95. The Kier molecular flexibility index (Phi) is 5.15. The van der Waals surface area contributed by atoms with E-state index in [1.54, 1.807) is 11.3 Å². The number of thiazole rings is 1. The molecule has 0 spiro atoms. The van der Waals surface area contributed by atoms with Gasteiger partial charge < -0.3 is 10.5 Å². The first-order chi connectivity index (χ1) is 9.65. The number of rotatable bonds is 6. The van der Waals surface area contributed by atoms with Gasteiger partial charge in [-0.1, -0.05) is 39.0 Å². The highest BCUT2D eigenvalue weighted by Gasteiger charge is 2.11. The zero-order valence-electron chi connectivity index (χ0n) is 12.3. The second-order valence-electron chi connectivity index (χ2n) is 5.02. The molecule has 1 heterocycles. The van der Waals surface area contributed by atoms with Crippen LogP contribution in [0.15, 0.2) is 24.3 Å². The molecule has 1 aromatic carbocycles. The number of benzene rings is 1. The number of aryl methyl sites for hydroxylation is 1. The number of hydrogen-bond acceptors (Lipinski definition) is 4. The summed E-state index contributed by atoms with van der Waals surface area (Å²) in [5.74, 6) is 1.40. The Hall–Kier alpha value is -1.39. The van der Waals surface area contributed by atoms with Crippen molar-refractivity contribution in [2.24, 2.45) is 5.73 Å². The summed E-state index contributed by atoms with van der Waals surface area (Å²) in [5.41, 5.74) is 8.08. The molecule has 0 saturated heterocycles. The molecule has 2 N–H and O–H groups in total. The fourth-order valence-electron chi connectivity index (χ4n) is 2.16. The lowest BCUT2D eigenvalue weighted by molar-refractivity contribution is 0.301. The maximum absolute atomic E-state index is 5.95. The largest absolute Gasteiger partial charge is 0.486 e. The predicted octanol–water partition coefficient (Wildman–Crippen LogP) is 3.87. The number of nitrogens with two attached hydrogens (primary N) is 1. The summed E-state index contributed by atoms with van der Waals surface area (Å²) in [5, 5.41) is 1.00. The van der Waals surface area contributed by atoms with Crippen molar-refractivity contribution in [1.29, 1.82) is 0 Å². The van der Waals surface area contributed by atoms with Gasteiger partial charge in [0.25, 0.3) is 0 Å². The lowest BCUT2D eigenvalue weighted by Gasteiger charge is -2.12. The quantitative estimate of drug-likeness (QED) is 0.878. The van der Waals surface area contributed by atoms with Crippen LogP contribution in [0, 0.1) is 0 Å². The summed E-state index contributed by atoms with van der Waals surface area (Å²) >= 11 is 1.66. The molecular formula is C16H22N2OS. The first-order valence-corrected chi connectivity index (χ1v) is 7.86. The molecule has 0 saturated carbocycles. The van der Waals surface area contributed by atoms with Gasteiger partial charge in [0.05, 0.1) is 5.69 Å². The van der Waals surface area contributed by atoms with E-state index in [1.807, 2.05) is 18.2 Å². The van der Waals surface area contributed by atoms with Crippen molar-refractivity contribution in [2.75, 3.05) is 0 Å². The van der Waals surface area contributed by atoms with Crippen molar-refractivity contribution in [3.63, 3.8) is 0 Å². The Morgan fingerprint density at radius 2 is 2.05 bits per heavy atom. The van der Waals surface area contributed by atoms with E-state index in [0.29, 0.717) is 19.1 Å². The van der Waals surface area contributed by atoms with Crippen molar-refractivity contribution in [2.45, 2.75) is 46.3 Å². The summed E-state index contributed by atoms with van der Waals surface area (Å²) in [4.78, 5) is 5.77. The first-order valence-electron chi connectivity index (χ1n) is 7.05. The molecule has 20 heavy (non-hydrogen) atoms. The van der Waals surface area contributed by atoms with Crippen molar-refractivity contribution in [3.05, 3.63) is 45.4 Å². The third kappa shape index (κ3) is 3.38. The minimum atomic E-state index is 0.452. The SMILES string of the molecule is CCc1nc(COc2ccccc2C(C)C)sc1CN. The third-order valence-corrected chi connectivity index (χ3v) is 4.33. The second kappa shape index (κ2) is 6.86. The van der Waals surface area contributed by atoms with Crippen LogP contribution in [0.4, 0.5) is 0 Å². The van der Waals surface area contributed by atoms with Crippen LogP contribution in [0.25, 0.3) is 0 Å². The van der Waals surface area contributed by atoms with E-state index in [2.05, 4.69) is 31.8 Å². The molecule has 0 radical (unpaired) electrons. The summed E-state index contributed by atoms with van der Waals surface area (Å²) in [7, 11) is 0. The highest BCUT2D eigenvalue weighted by molar-refractivity contribution is 7.11. The molecule has 3 nitrogen and oxygen atoms in total. The van der Waals surface area contributed by atoms with Gasteiger partial charge in [-0.15, -0.1) is 11.3 Å². The monoisotopic (exact) mass is 290 g/mol. The highest BCUT2D eigenvalue weighted by atomic mass is 32.1. The molecule has 0 amide bonds. The molecule has 0 bridgehead atoms. The van der Waals surface area contributed by atoms with Crippen LogP contribution in [0.2, 0.25) is 0 Å². The number of hydrogen-bond donors (Lipinski definition) is 1. The highest BCUT2D eigenvalue weighted by Crippen LogP contribution is 2.27. The van der Waals surface area contributed by atoms with Crippen LogP contribution in [0.5, 0.6) is 5.75 Å². The molecule has 2 rings (SSSR count). The molecule has 0 unspecified atom stereocenters. The average Bonchev–Trinajstić information content (AvgIpc) is 2.87. The van der Waals surface area contributed by atoms with Gasteiger partial charge in [0.1, 0.15) is 17.4 Å². The summed E-state index contributed by atoms with van der Waals surface area (Å²) in [6.07, 6.45) is 0.922. The molecule has 2 aromatic rings. The first kappa shape index (κ1) is 15.0. The van der Waals surface area contributed by atoms with Gasteiger partial charge in [-0.3, -0.25) is 0 Å². The Morgan fingerprint density at radius 1 is 1.30 bits per heavy atom. The second-order valence-corrected chi connectivity index (χ2v) is 6.18. The fraction of sp³-hybridized carbons (Fsp3) is 0.438. The zero-order chi connectivity index (χ0) is 14.5. The van der Waals surface area contributed by atoms with E-state index in [-0.39, 0.29) is 0 Å². The van der Waals surface area contributed by atoms with E-state index in [9.17, 15) is 0 Å². The van der Waals surface area contributed by atoms with Crippen molar-refractivity contribution >= 4 is 11.3 Å². The van der Waals surface area contributed by atoms with E-state index < -0.39 is 0 Å². The average molecular weight is 290 g/mol. The van der Waals surface area contributed by atoms with Gasteiger partial charge in [0, 0.05) is 11.4 Å². The standard InChI is InChI=1S/C16H22N2OS/c1-4-13-15(9-17)20-16(18-13)10-19-14-8-6-5-7-12(14)11(2)3/h5-8,11H,4,9-10,17H2,1-3H3. The van der Waals surface area contributed by atoms with Gasteiger partial charge in [-0.25, -0.2) is 4.98 Å². The topological polar surface area (TPSA) is 48.1 Å². The minimum absolute atomic E-state index is 0.452. The molecule has 0 aliphatic rings. The molecule has 1 aromatic heterocycles. The molecular weight excluding hydrogens is 268 g/mol. The maximum Gasteiger partial charge on any atom is 0.140 e. The van der Waals surface area contributed by atoms with E-state index in [0.717, 1.165) is 22.9 Å². The molecule has 108 valence electrons. The van der Waals surface area contributed by atoms with Crippen LogP contribution < -0.4 is 10.5 Å². The lowest BCUT2D eigenvalue weighted by atomic mass is 10.0. The van der Waals surface area contributed by atoms with Crippen molar-refractivity contribution < 1.29 is 4.74 Å². The van der Waals surface area contributed by atoms with Gasteiger partial charge in [0.2, 0.25) is 0 Å². The van der Waals surface area contributed by atoms with E-state index in [4.69, 9.17) is 10.5 Å².